The number of rotatable bonds is 5. The van der Waals surface area contributed by atoms with Gasteiger partial charge in [-0.1, -0.05) is 6.07 Å². The molecule has 0 atom stereocenters. The van der Waals surface area contributed by atoms with E-state index in [1.807, 2.05) is 0 Å². The summed E-state index contributed by atoms with van der Waals surface area (Å²) in [6.07, 6.45) is 0. The van der Waals surface area contributed by atoms with Crippen LogP contribution in [0.3, 0.4) is 0 Å². The molecule has 0 fully saturated rings. The van der Waals surface area contributed by atoms with Crippen molar-refractivity contribution in [3.8, 4) is 17.2 Å². The first kappa shape index (κ1) is 15.1. The number of sulfonamides is 1. The van der Waals surface area contributed by atoms with Crippen molar-refractivity contribution >= 4 is 15.7 Å². The smallest absolute Gasteiger partial charge is 0.240 e. The third kappa shape index (κ3) is 3.45. The molecule has 0 unspecified atom stereocenters. The normalized spacial score (nSPS) is 11.1. The van der Waals surface area contributed by atoms with Crippen LogP contribution in [0.25, 0.3) is 0 Å². The van der Waals surface area contributed by atoms with Gasteiger partial charge in [-0.2, -0.15) is 0 Å². The van der Waals surface area contributed by atoms with Crippen molar-refractivity contribution < 1.29 is 17.9 Å². The zero-order chi connectivity index (χ0) is 15.5. The molecule has 0 saturated carbocycles. The van der Waals surface area contributed by atoms with E-state index in [1.165, 1.54) is 25.2 Å². The first-order chi connectivity index (χ1) is 9.96. The topological polar surface area (TPSA) is 90.7 Å². The summed E-state index contributed by atoms with van der Waals surface area (Å²) in [6, 6.07) is 11.2. The summed E-state index contributed by atoms with van der Waals surface area (Å²) < 4.78 is 36.6. The molecule has 6 nitrogen and oxygen atoms in total. The van der Waals surface area contributed by atoms with Crippen LogP contribution in [0.5, 0.6) is 17.2 Å². The fourth-order valence-electron chi connectivity index (χ4n) is 1.68. The van der Waals surface area contributed by atoms with Crippen molar-refractivity contribution in [2.24, 2.45) is 0 Å². The molecule has 0 aliphatic rings. The summed E-state index contributed by atoms with van der Waals surface area (Å²) in [4.78, 5) is 0.0806. The molecule has 2 aromatic rings. The van der Waals surface area contributed by atoms with Crippen LogP contribution in [0, 0.1) is 0 Å². The molecule has 112 valence electrons. The minimum Gasteiger partial charge on any atom is -0.497 e. The molecule has 7 heteroatoms. The maximum Gasteiger partial charge on any atom is 0.240 e. The lowest BCUT2D eigenvalue weighted by Crippen LogP contribution is -2.18. The monoisotopic (exact) mass is 308 g/mol. The highest BCUT2D eigenvalue weighted by Crippen LogP contribution is 2.31. The highest BCUT2D eigenvalue weighted by molar-refractivity contribution is 7.89. The number of hydrogen-bond donors (Lipinski definition) is 2. The van der Waals surface area contributed by atoms with Gasteiger partial charge in [-0.05, 0) is 31.3 Å². The predicted octanol–water partition coefficient (Wildman–Crippen LogP) is 1.98. The lowest BCUT2D eigenvalue weighted by Gasteiger charge is -2.11. The predicted molar refractivity (Wildman–Crippen MR) is 80.2 cm³/mol. The molecule has 0 radical (unpaired) electrons. The van der Waals surface area contributed by atoms with Crippen LogP contribution < -0.4 is 19.9 Å². The Morgan fingerprint density at radius 1 is 1.10 bits per heavy atom. The summed E-state index contributed by atoms with van der Waals surface area (Å²) in [5.41, 5.74) is 6.16. The molecular weight excluding hydrogens is 292 g/mol. The van der Waals surface area contributed by atoms with Gasteiger partial charge >= 0.3 is 0 Å². The van der Waals surface area contributed by atoms with E-state index in [4.69, 9.17) is 15.2 Å². The average molecular weight is 308 g/mol. The Morgan fingerprint density at radius 2 is 1.81 bits per heavy atom. The summed E-state index contributed by atoms with van der Waals surface area (Å²) in [5.74, 6) is 1.39. The largest absolute Gasteiger partial charge is 0.497 e. The average Bonchev–Trinajstić information content (AvgIpc) is 2.49. The maximum absolute atomic E-state index is 11.8. The molecule has 2 aromatic carbocycles. The van der Waals surface area contributed by atoms with Gasteiger partial charge in [0, 0.05) is 12.1 Å². The molecule has 0 aliphatic carbocycles. The number of nitrogens with two attached hydrogens (primary N) is 1. The second-order valence-corrected chi connectivity index (χ2v) is 6.07. The van der Waals surface area contributed by atoms with E-state index in [0.29, 0.717) is 17.2 Å². The molecule has 0 heterocycles. The number of ether oxygens (including phenoxy) is 2. The number of nitrogens with one attached hydrogen (secondary N) is 1. The molecule has 2 rings (SSSR count). The Bertz CT molecular complexity index is 744. The van der Waals surface area contributed by atoms with Crippen molar-refractivity contribution in [1.29, 1.82) is 0 Å². The van der Waals surface area contributed by atoms with E-state index in [1.54, 1.807) is 31.4 Å². The van der Waals surface area contributed by atoms with Crippen molar-refractivity contribution in [2.45, 2.75) is 4.90 Å². The molecule has 0 aromatic heterocycles. The van der Waals surface area contributed by atoms with Gasteiger partial charge in [-0.25, -0.2) is 13.1 Å². The highest BCUT2D eigenvalue weighted by Gasteiger charge is 2.14. The first-order valence-corrected chi connectivity index (χ1v) is 7.59. The molecule has 0 amide bonds. The number of benzene rings is 2. The van der Waals surface area contributed by atoms with Gasteiger partial charge in [0.25, 0.3) is 0 Å². The highest BCUT2D eigenvalue weighted by atomic mass is 32.2. The van der Waals surface area contributed by atoms with Gasteiger partial charge in [0.15, 0.2) is 5.75 Å². The molecule has 21 heavy (non-hydrogen) atoms. The molecule has 0 bridgehead atoms. The van der Waals surface area contributed by atoms with Crippen molar-refractivity contribution in [1.82, 2.24) is 4.72 Å². The quantitative estimate of drug-likeness (QED) is 0.824. The van der Waals surface area contributed by atoms with Crippen molar-refractivity contribution in [3.63, 3.8) is 0 Å². The molecule has 3 N–H and O–H groups in total. The molecular formula is C14H16N2O4S. The van der Waals surface area contributed by atoms with Crippen LogP contribution in [0.2, 0.25) is 0 Å². The van der Waals surface area contributed by atoms with Crippen molar-refractivity contribution in [3.05, 3.63) is 42.5 Å². The van der Waals surface area contributed by atoms with Crippen LogP contribution in [0.15, 0.2) is 47.4 Å². The molecule has 0 saturated heterocycles. The summed E-state index contributed by atoms with van der Waals surface area (Å²) in [5, 5.41) is 0. The van der Waals surface area contributed by atoms with Crippen LogP contribution >= 0.6 is 0 Å². The second kappa shape index (κ2) is 6.02. The fraction of sp³-hybridized carbons (Fsp3) is 0.143. The molecule has 0 spiro atoms. The lowest BCUT2D eigenvalue weighted by atomic mass is 10.3. The van der Waals surface area contributed by atoms with Gasteiger partial charge in [0.05, 0.1) is 17.7 Å². The summed E-state index contributed by atoms with van der Waals surface area (Å²) >= 11 is 0. The standard InChI is InChI=1S/C14H16N2O4S/c1-16-21(17,18)12-6-7-13(15)14(9-12)20-11-5-3-4-10(8-11)19-2/h3-9,16H,15H2,1-2H3. The molecule has 0 aliphatic heterocycles. The number of hydrogen-bond acceptors (Lipinski definition) is 5. The zero-order valence-electron chi connectivity index (χ0n) is 11.7. The third-order valence-electron chi connectivity index (χ3n) is 2.83. The van der Waals surface area contributed by atoms with E-state index in [0.717, 1.165) is 0 Å². The van der Waals surface area contributed by atoms with Gasteiger partial charge in [0.2, 0.25) is 10.0 Å². The Balaban J connectivity index is 2.37. The van der Waals surface area contributed by atoms with E-state index < -0.39 is 10.0 Å². The SMILES string of the molecule is CNS(=O)(=O)c1ccc(N)c(Oc2cccc(OC)c2)c1. The summed E-state index contributed by atoms with van der Waals surface area (Å²) in [6.45, 7) is 0. The number of anilines is 1. The number of methoxy groups -OCH3 is 1. The Labute approximate surface area is 123 Å². The minimum atomic E-state index is -3.55. The fourth-order valence-corrected chi connectivity index (χ4v) is 2.42. The van der Waals surface area contributed by atoms with Gasteiger partial charge in [-0.3, -0.25) is 0 Å². The Kier molecular flexibility index (Phi) is 4.35. The minimum absolute atomic E-state index is 0.0806. The van der Waals surface area contributed by atoms with Gasteiger partial charge in [-0.15, -0.1) is 0 Å². The Morgan fingerprint density at radius 3 is 2.48 bits per heavy atom. The van der Waals surface area contributed by atoms with Gasteiger partial charge < -0.3 is 15.2 Å². The second-order valence-electron chi connectivity index (χ2n) is 4.19. The third-order valence-corrected chi connectivity index (χ3v) is 4.25. The summed E-state index contributed by atoms with van der Waals surface area (Å²) in [7, 11) is -0.662. The van der Waals surface area contributed by atoms with E-state index in [9.17, 15) is 8.42 Å². The van der Waals surface area contributed by atoms with Crippen molar-refractivity contribution in [2.75, 3.05) is 19.9 Å². The van der Waals surface area contributed by atoms with Crippen LogP contribution in [0.1, 0.15) is 0 Å². The van der Waals surface area contributed by atoms with E-state index >= 15 is 0 Å². The zero-order valence-corrected chi connectivity index (χ0v) is 12.5. The maximum atomic E-state index is 11.8. The van der Waals surface area contributed by atoms with Crippen LogP contribution in [-0.4, -0.2) is 22.6 Å². The van der Waals surface area contributed by atoms with Crippen LogP contribution in [-0.2, 0) is 10.0 Å². The lowest BCUT2D eigenvalue weighted by molar-refractivity contribution is 0.409. The van der Waals surface area contributed by atoms with Crippen LogP contribution in [0.4, 0.5) is 5.69 Å². The van der Waals surface area contributed by atoms with E-state index in [2.05, 4.69) is 4.72 Å². The number of nitrogen functional groups attached to an aromatic ring is 1. The van der Waals surface area contributed by atoms with Gasteiger partial charge in [0.1, 0.15) is 11.5 Å². The first-order valence-electron chi connectivity index (χ1n) is 6.11. The van der Waals surface area contributed by atoms with E-state index in [-0.39, 0.29) is 10.6 Å². The Hall–Kier alpha value is -2.25.